The van der Waals surface area contributed by atoms with E-state index < -0.39 is 0 Å². The van der Waals surface area contributed by atoms with Crippen LogP contribution in [0, 0.1) is 0 Å². The van der Waals surface area contributed by atoms with E-state index in [9.17, 15) is 0 Å². The first-order valence-electron chi connectivity index (χ1n) is 7.18. The number of hydrogen-bond acceptors (Lipinski definition) is 4. The molecule has 0 aliphatic heterocycles. The Morgan fingerprint density at radius 1 is 0.706 bits per heavy atom. The Morgan fingerprint density at radius 3 is 1.65 bits per heavy atom. The summed E-state index contributed by atoms with van der Waals surface area (Å²) in [5.41, 5.74) is 5.39. The SMILES string of the molecule is CC.CNCCCNCCCCNCCCN. The molecule has 0 aromatic rings. The van der Waals surface area contributed by atoms with Gasteiger partial charge in [-0.15, -0.1) is 0 Å². The Kier molecular flexibility index (Phi) is 23.9. The van der Waals surface area contributed by atoms with Crippen molar-refractivity contribution >= 4 is 0 Å². The average molecular weight is 246 g/mol. The van der Waals surface area contributed by atoms with E-state index in [4.69, 9.17) is 5.73 Å². The Labute approximate surface area is 108 Å². The van der Waals surface area contributed by atoms with Gasteiger partial charge in [0.15, 0.2) is 0 Å². The van der Waals surface area contributed by atoms with Gasteiger partial charge in [-0.05, 0) is 72.0 Å². The molecular weight excluding hydrogens is 212 g/mol. The van der Waals surface area contributed by atoms with Gasteiger partial charge >= 0.3 is 0 Å². The van der Waals surface area contributed by atoms with Crippen molar-refractivity contribution in [3.8, 4) is 0 Å². The normalized spacial score (nSPS) is 9.88. The van der Waals surface area contributed by atoms with Crippen LogP contribution in [-0.4, -0.2) is 46.3 Å². The zero-order valence-electron chi connectivity index (χ0n) is 12.1. The van der Waals surface area contributed by atoms with E-state index in [0.29, 0.717) is 0 Å². The van der Waals surface area contributed by atoms with Crippen LogP contribution in [-0.2, 0) is 0 Å². The van der Waals surface area contributed by atoms with Crippen LogP contribution in [0.5, 0.6) is 0 Å². The number of unbranched alkanes of at least 4 members (excludes halogenated alkanes) is 1. The molecule has 0 rings (SSSR count). The average Bonchev–Trinajstić information content (AvgIpc) is 2.38. The van der Waals surface area contributed by atoms with Crippen molar-refractivity contribution in [2.45, 2.75) is 39.5 Å². The van der Waals surface area contributed by atoms with Crippen LogP contribution in [0.4, 0.5) is 0 Å². The van der Waals surface area contributed by atoms with Gasteiger partial charge in [-0.25, -0.2) is 0 Å². The molecule has 5 N–H and O–H groups in total. The highest BCUT2D eigenvalue weighted by Gasteiger charge is 1.89. The predicted octanol–water partition coefficient (Wildman–Crippen LogP) is 0.930. The van der Waals surface area contributed by atoms with Gasteiger partial charge in [-0.2, -0.15) is 0 Å². The zero-order valence-corrected chi connectivity index (χ0v) is 12.1. The maximum absolute atomic E-state index is 5.39. The van der Waals surface area contributed by atoms with Crippen LogP contribution in [0.1, 0.15) is 39.5 Å². The van der Waals surface area contributed by atoms with Gasteiger partial charge in [0.25, 0.3) is 0 Å². The topological polar surface area (TPSA) is 62.1 Å². The smallest absolute Gasteiger partial charge is 0.00368 e. The minimum absolute atomic E-state index is 0.792. The highest BCUT2D eigenvalue weighted by Crippen LogP contribution is 1.85. The standard InChI is InChI=1S/C11H28N4.C2H6/c1-13-7-5-11-15-9-3-2-8-14-10-4-6-12;1-2/h13-15H,2-12H2,1H3;1-2H3. The van der Waals surface area contributed by atoms with Crippen LogP contribution in [0.25, 0.3) is 0 Å². The van der Waals surface area contributed by atoms with Crippen molar-refractivity contribution in [3.63, 3.8) is 0 Å². The zero-order chi connectivity index (χ0) is 13.2. The summed E-state index contributed by atoms with van der Waals surface area (Å²) in [6.07, 6.45) is 4.81. The van der Waals surface area contributed by atoms with Crippen molar-refractivity contribution in [1.29, 1.82) is 0 Å². The molecule has 0 aliphatic carbocycles. The molecular formula is C13H34N4. The maximum Gasteiger partial charge on any atom is -0.00368 e. The first-order chi connectivity index (χ1) is 8.41. The van der Waals surface area contributed by atoms with Crippen LogP contribution in [0.3, 0.4) is 0 Å². The molecule has 4 heteroatoms. The van der Waals surface area contributed by atoms with Crippen LogP contribution >= 0.6 is 0 Å². The summed E-state index contributed by atoms with van der Waals surface area (Å²) >= 11 is 0. The lowest BCUT2D eigenvalue weighted by Gasteiger charge is -2.05. The molecule has 0 radical (unpaired) electrons. The fraction of sp³-hybridized carbons (Fsp3) is 1.00. The third-order valence-corrected chi connectivity index (χ3v) is 2.30. The number of nitrogens with one attached hydrogen (secondary N) is 3. The lowest BCUT2D eigenvalue weighted by Crippen LogP contribution is -2.23. The van der Waals surface area contributed by atoms with Gasteiger partial charge in [0, 0.05) is 0 Å². The van der Waals surface area contributed by atoms with E-state index in [1.165, 1.54) is 19.3 Å². The third-order valence-electron chi connectivity index (χ3n) is 2.30. The predicted molar refractivity (Wildman–Crippen MR) is 78.5 cm³/mol. The van der Waals surface area contributed by atoms with Crippen molar-refractivity contribution in [2.24, 2.45) is 5.73 Å². The molecule has 4 nitrogen and oxygen atoms in total. The Balaban J connectivity index is 0. The third kappa shape index (κ3) is 21.6. The van der Waals surface area contributed by atoms with Crippen LogP contribution in [0.15, 0.2) is 0 Å². The Bertz CT molecular complexity index is 97.6. The summed E-state index contributed by atoms with van der Waals surface area (Å²) in [5.74, 6) is 0. The number of hydrogen-bond donors (Lipinski definition) is 4. The molecule has 0 aromatic heterocycles. The second kappa shape index (κ2) is 21.2. The molecule has 0 bridgehead atoms. The fourth-order valence-electron chi connectivity index (χ4n) is 1.37. The summed E-state index contributed by atoms with van der Waals surface area (Å²) in [5, 5.41) is 9.95. The Morgan fingerprint density at radius 2 is 1.18 bits per heavy atom. The van der Waals surface area contributed by atoms with E-state index in [-0.39, 0.29) is 0 Å². The minimum Gasteiger partial charge on any atom is -0.330 e. The lowest BCUT2D eigenvalue weighted by molar-refractivity contribution is 0.564. The maximum atomic E-state index is 5.39. The number of rotatable bonds is 12. The van der Waals surface area contributed by atoms with Crippen LogP contribution in [0.2, 0.25) is 0 Å². The van der Waals surface area contributed by atoms with Gasteiger partial charge in [0.05, 0.1) is 0 Å². The summed E-state index contributed by atoms with van der Waals surface area (Å²) < 4.78 is 0. The highest BCUT2D eigenvalue weighted by atomic mass is 14.9. The number of nitrogens with two attached hydrogens (primary N) is 1. The van der Waals surface area contributed by atoms with Gasteiger partial charge in [0.1, 0.15) is 0 Å². The molecule has 0 atom stereocenters. The van der Waals surface area contributed by atoms with E-state index >= 15 is 0 Å². The molecule has 0 aliphatic rings. The van der Waals surface area contributed by atoms with E-state index in [2.05, 4.69) is 16.0 Å². The first kappa shape index (κ1) is 19.2. The van der Waals surface area contributed by atoms with Gasteiger partial charge < -0.3 is 21.7 Å². The molecule has 0 unspecified atom stereocenters. The first-order valence-corrected chi connectivity index (χ1v) is 7.18. The molecule has 106 valence electrons. The van der Waals surface area contributed by atoms with Crippen molar-refractivity contribution < 1.29 is 0 Å². The minimum atomic E-state index is 0.792. The van der Waals surface area contributed by atoms with Crippen molar-refractivity contribution in [3.05, 3.63) is 0 Å². The Hall–Kier alpha value is -0.160. The molecule has 0 saturated heterocycles. The van der Waals surface area contributed by atoms with Crippen LogP contribution < -0.4 is 21.7 Å². The second-order valence-corrected chi connectivity index (χ2v) is 3.81. The second-order valence-electron chi connectivity index (χ2n) is 3.81. The van der Waals surface area contributed by atoms with Gasteiger partial charge in [-0.3, -0.25) is 0 Å². The summed E-state index contributed by atoms with van der Waals surface area (Å²) in [6.45, 7) is 10.3. The van der Waals surface area contributed by atoms with Crippen molar-refractivity contribution in [2.75, 3.05) is 46.3 Å². The molecule has 0 saturated carbocycles. The summed E-state index contributed by atoms with van der Waals surface area (Å²) in [6, 6.07) is 0. The van der Waals surface area contributed by atoms with E-state index in [1.54, 1.807) is 0 Å². The molecule has 0 aromatic carbocycles. The fourth-order valence-corrected chi connectivity index (χ4v) is 1.37. The molecule has 0 amide bonds. The molecule has 0 spiro atoms. The molecule has 0 fully saturated rings. The molecule has 17 heavy (non-hydrogen) atoms. The lowest BCUT2D eigenvalue weighted by atomic mass is 10.3. The quantitative estimate of drug-likeness (QED) is 0.387. The molecule has 0 heterocycles. The van der Waals surface area contributed by atoms with Crippen molar-refractivity contribution in [1.82, 2.24) is 16.0 Å². The highest BCUT2D eigenvalue weighted by molar-refractivity contribution is 4.53. The summed E-state index contributed by atoms with van der Waals surface area (Å²) in [4.78, 5) is 0. The largest absolute Gasteiger partial charge is 0.330 e. The monoisotopic (exact) mass is 246 g/mol. The van der Waals surface area contributed by atoms with E-state index in [0.717, 1.165) is 45.7 Å². The van der Waals surface area contributed by atoms with Gasteiger partial charge in [-0.1, -0.05) is 13.8 Å². The summed E-state index contributed by atoms with van der Waals surface area (Å²) in [7, 11) is 1.99. The van der Waals surface area contributed by atoms with Gasteiger partial charge in [0.2, 0.25) is 0 Å². The van der Waals surface area contributed by atoms with E-state index in [1.807, 2.05) is 20.9 Å².